The van der Waals surface area contributed by atoms with E-state index < -0.39 is 0 Å². The van der Waals surface area contributed by atoms with Crippen LogP contribution in [0.1, 0.15) is 19.8 Å². The van der Waals surface area contributed by atoms with Crippen molar-refractivity contribution < 1.29 is 4.74 Å². The largest absolute Gasteiger partial charge is 0.460 e. The average molecular weight is 195 g/mol. The number of aromatic nitrogens is 2. The van der Waals surface area contributed by atoms with Crippen molar-refractivity contribution >= 4 is 0 Å². The van der Waals surface area contributed by atoms with Crippen LogP contribution in [0.4, 0.5) is 0 Å². The molecule has 1 aliphatic heterocycles. The normalized spacial score (nSPS) is 22.2. The van der Waals surface area contributed by atoms with E-state index in [1.165, 1.54) is 6.42 Å². The first kappa shape index (κ1) is 9.52. The number of aryl methyl sites for hydroxylation is 1. The zero-order valence-corrected chi connectivity index (χ0v) is 8.57. The summed E-state index contributed by atoms with van der Waals surface area (Å²) < 4.78 is 7.83. The lowest BCUT2D eigenvalue weighted by Gasteiger charge is -2.23. The van der Waals surface area contributed by atoms with Crippen LogP contribution >= 0.6 is 0 Å². The van der Waals surface area contributed by atoms with E-state index in [9.17, 15) is 0 Å². The molecule has 78 valence electrons. The van der Waals surface area contributed by atoms with Crippen LogP contribution in [-0.2, 0) is 6.54 Å². The zero-order chi connectivity index (χ0) is 9.80. The van der Waals surface area contributed by atoms with Crippen molar-refractivity contribution in [1.29, 1.82) is 0 Å². The van der Waals surface area contributed by atoms with Gasteiger partial charge in [-0.25, -0.2) is 4.98 Å². The molecule has 1 aromatic rings. The Hall–Kier alpha value is -1.03. The number of piperidine rings is 1. The summed E-state index contributed by atoms with van der Waals surface area (Å²) in [6.45, 7) is 5.06. The molecular formula is C10H17N3O. The maximum absolute atomic E-state index is 5.81. The Kier molecular flexibility index (Phi) is 3.03. The van der Waals surface area contributed by atoms with Crippen LogP contribution in [0.3, 0.4) is 0 Å². The third-order valence-electron chi connectivity index (χ3n) is 2.54. The molecule has 14 heavy (non-hydrogen) atoms. The molecule has 4 nitrogen and oxygen atoms in total. The highest BCUT2D eigenvalue weighted by Gasteiger charge is 2.16. The SMILES string of the molecule is CCn1ccnc1O[C@H]1CCCNC1. The standard InChI is InChI=1S/C10H17N3O/c1-2-13-7-6-12-10(13)14-9-4-3-5-11-8-9/h6-7,9,11H,2-5,8H2,1H3/t9-/m0/s1. The quantitative estimate of drug-likeness (QED) is 0.783. The summed E-state index contributed by atoms with van der Waals surface area (Å²) >= 11 is 0. The summed E-state index contributed by atoms with van der Waals surface area (Å²) in [7, 11) is 0. The summed E-state index contributed by atoms with van der Waals surface area (Å²) in [6, 6.07) is 0.751. The van der Waals surface area contributed by atoms with E-state index in [0.717, 1.165) is 32.1 Å². The van der Waals surface area contributed by atoms with Gasteiger partial charge in [0.1, 0.15) is 6.10 Å². The number of imidazole rings is 1. The number of hydrogen-bond donors (Lipinski definition) is 1. The minimum atomic E-state index is 0.288. The molecule has 0 aromatic carbocycles. The number of nitrogens with one attached hydrogen (secondary N) is 1. The molecule has 1 atom stereocenters. The van der Waals surface area contributed by atoms with E-state index in [4.69, 9.17) is 4.74 Å². The summed E-state index contributed by atoms with van der Waals surface area (Å²) in [6.07, 6.45) is 6.35. The molecule has 0 bridgehead atoms. The molecule has 0 aliphatic carbocycles. The second-order valence-electron chi connectivity index (χ2n) is 3.58. The minimum Gasteiger partial charge on any atom is -0.460 e. The highest BCUT2D eigenvalue weighted by atomic mass is 16.5. The van der Waals surface area contributed by atoms with Gasteiger partial charge < -0.3 is 14.6 Å². The highest BCUT2D eigenvalue weighted by molar-refractivity contribution is 4.99. The Morgan fingerprint density at radius 1 is 1.71 bits per heavy atom. The lowest BCUT2D eigenvalue weighted by molar-refractivity contribution is 0.147. The van der Waals surface area contributed by atoms with Crippen LogP contribution in [0.5, 0.6) is 6.01 Å². The van der Waals surface area contributed by atoms with Gasteiger partial charge in [-0.15, -0.1) is 0 Å². The van der Waals surface area contributed by atoms with Crippen molar-refractivity contribution in [1.82, 2.24) is 14.9 Å². The van der Waals surface area contributed by atoms with Gasteiger partial charge in [-0.1, -0.05) is 0 Å². The van der Waals surface area contributed by atoms with E-state index in [-0.39, 0.29) is 6.10 Å². The molecule has 0 unspecified atom stereocenters. The lowest BCUT2D eigenvalue weighted by atomic mass is 10.1. The average Bonchev–Trinajstić information content (AvgIpc) is 2.67. The van der Waals surface area contributed by atoms with Gasteiger partial charge in [0.15, 0.2) is 0 Å². The van der Waals surface area contributed by atoms with E-state index in [2.05, 4.69) is 17.2 Å². The Morgan fingerprint density at radius 3 is 3.36 bits per heavy atom. The second-order valence-corrected chi connectivity index (χ2v) is 3.58. The van der Waals surface area contributed by atoms with Crippen LogP contribution in [0.2, 0.25) is 0 Å². The van der Waals surface area contributed by atoms with Gasteiger partial charge in [0.25, 0.3) is 6.01 Å². The smallest absolute Gasteiger partial charge is 0.296 e. The predicted molar refractivity (Wildman–Crippen MR) is 54.4 cm³/mol. The van der Waals surface area contributed by atoms with Crippen molar-refractivity contribution in [3.05, 3.63) is 12.4 Å². The van der Waals surface area contributed by atoms with Crippen molar-refractivity contribution in [2.75, 3.05) is 13.1 Å². The molecule has 2 heterocycles. The van der Waals surface area contributed by atoms with Crippen molar-refractivity contribution in [3.63, 3.8) is 0 Å². The number of rotatable bonds is 3. The summed E-state index contributed by atoms with van der Waals surface area (Å²) in [4.78, 5) is 4.19. The van der Waals surface area contributed by atoms with Gasteiger partial charge in [0, 0.05) is 25.5 Å². The Balaban J connectivity index is 1.95. The summed E-state index contributed by atoms with van der Waals surface area (Å²) in [5.74, 6) is 0. The molecule has 0 spiro atoms. The molecule has 4 heteroatoms. The fourth-order valence-electron chi connectivity index (χ4n) is 1.72. The van der Waals surface area contributed by atoms with Gasteiger partial charge >= 0.3 is 0 Å². The van der Waals surface area contributed by atoms with Gasteiger partial charge in [-0.3, -0.25) is 0 Å². The first-order valence-corrected chi connectivity index (χ1v) is 5.28. The third-order valence-corrected chi connectivity index (χ3v) is 2.54. The van der Waals surface area contributed by atoms with Crippen LogP contribution in [-0.4, -0.2) is 28.7 Å². The van der Waals surface area contributed by atoms with Gasteiger partial charge in [-0.2, -0.15) is 0 Å². The Bertz CT molecular complexity index is 279. The number of nitrogens with zero attached hydrogens (tertiary/aromatic N) is 2. The molecule has 1 aromatic heterocycles. The Labute approximate surface area is 84.3 Å². The van der Waals surface area contributed by atoms with Crippen molar-refractivity contribution in [2.24, 2.45) is 0 Å². The first-order valence-electron chi connectivity index (χ1n) is 5.28. The van der Waals surface area contributed by atoms with Gasteiger partial charge in [-0.05, 0) is 26.3 Å². The summed E-state index contributed by atoms with van der Waals surface area (Å²) in [5, 5.41) is 3.32. The maximum Gasteiger partial charge on any atom is 0.296 e. The topological polar surface area (TPSA) is 39.1 Å². The minimum absolute atomic E-state index is 0.288. The lowest BCUT2D eigenvalue weighted by Crippen LogP contribution is -2.37. The van der Waals surface area contributed by atoms with E-state index in [0.29, 0.717) is 0 Å². The van der Waals surface area contributed by atoms with Crippen LogP contribution in [0.25, 0.3) is 0 Å². The molecular weight excluding hydrogens is 178 g/mol. The van der Waals surface area contributed by atoms with E-state index in [1.54, 1.807) is 6.20 Å². The van der Waals surface area contributed by atoms with Crippen LogP contribution < -0.4 is 10.1 Å². The number of hydrogen-bond acceptors (Lipinski definition) is 3. The summed E-state index contributed by atoms with van der Waals surface area (Å²) in [5.41, 5.74) is 0. The maximum atomic E-state index is 5.81. The zero-order valence-electron chi connectivity index (χ0n) is 8.57. The predicted octanol–water partition coefficient (Wildman–Crippen LogP) is 1.03. The Morgan fingerprint density at radius 2 is 2.64 bits per heavy atom. The molecule has 1 N–H and O–H groups in total. The molecule has 1 saturated heterocycles. The van der Waals surface area contributed by atoms with Crippen molar-refractivity contribution in [2.45, 2.75) is 32.4 Å². The highest BCUT2D eigenvalue weighted by Crippen LogP contribution is 2.13. The molecule has 0 amide bonds. The fourth-order valence-corrected chi connectivity index (χ4v) is 1.72. The van der Waals surface area contributed by atoms with Crippen molar-refractivity contribution in [3.8, 4) is 6.01 Å². The molecule has 2 rings (SSSR count). The third kappa shape index (κ3) is 2.07. The molecule has 0 saturated carbocycles. The second kappa shape index (κ2) is 4.46. The number of ether oxygens (including phenoxy) is 1. The fraction of sp³-hybridized carbons (Fsp3) is 0.700. The molecule has 0 radical (unpaired) electrons. The molecule has 1 fully saturated rings. The van der Waals surface area contributed by atoms with Gasteiger partial charge in [0.05, 0.1) is 0 Å². The van der Waals surface area contributed by atoms with E-state index >= 15 is 0 Å². The monoisotopic (exact) mass is 195 g/mol. The van der Waals surface area contributed by atoms with Crippen LogP contribution in [0.15, 0.2) is 12.4 Å². The van der Waals surface area contributed by atoms with Gasteiger partial charge in [0.2, 0.25) is 0 Å². The first-order chi connectivity index (χ1) is 6.90. The van der Waals surface area contributed by atoms with Crippen LogP contribution in [0, 0.1) is 0 Å². The van der Waals surface area contributed by atoms with E-state index in [1.807, 2.05) is 10.8 Å². The molecule has 1 aliphatic rings.